The molecule has 3 rings (SSSR count). The fourth-order valence-electron chi connectivity index (χ4n) is 3.12. The lowest BCUT2D eigenvalue weighted by molar-refractivity contribution is 0.0696. The lowest BCUT2D eigenvalue weighted by Gasteiger charge is -2.16. The molecule has 1 aromatic carbocycles. The molecule has 0 saturated carbocycles. The highest BCUT2D eigenvalue weighted by molar-refractivity contribution is 7.18. The second kappa shape index (κ2) is 13.7. The molecule has 1 amide bonds. The second-order valence-corrected chi connectivity index (χ2v) is 8.06. The SMILES string of the molecule is COc1cccc(OC)c1-c1cc(C(=O)Nc2nnc(/N=C(N)/C=C\N)s2)oc(=O)c1OCCOCCO. The van der Waals surface area contributed by atoms with Gasteiger partial charge in [0, 0.05) is 5.56 Å². The first-order chi connectivity index (χ1) is 18.4. The Hall–Kier alpha value is -4.47. The first kappa shape index (κ1) is 28.1. The summed E-state index contributed by atoms with van der Waals surface area (Å²) in [7, 11) is 2.90. The van der Waals surface area contributed by atoms with E-state index in [0.717, 1.165) is 11.3 Å². The number of nitrogens with two attached hydrogens (primary N) is 2. The predicted molar refractivity (Wildman–Crippen MR) is 139 cm³/mol. The summed E-state index contributed by atoms with van der Waals surface area (Å²) < 4.78 is 27.1. The zero-order valence-corrected chi connectivity index (χ0v) is 21.3. The monoisotopic (exact) mass is 546 g/mol. The highest BCUT2D eigenvalue weighted by atomic mass is 32.1. The third-order valence-corrected chi connectivity index (χ3v) is 5.40. The molecular formula is C23H26N6O8S. The van der Waals surface area contributed by atoms with Crippen molar-refractivity contribution in [3.05, 3.63) is 52.7 Å². The molecule has 0 fully saturated rings. The van der Waals surface area contributed by atoms with Crippen LogP contribution in [-0.2, 0) is 4.74 Å². The molecule has 0 atom stereocenters. The van der Waals surface area contributed by atoms with Crippen LogP contribution >= 0.6 is 11.3 Å². The third kappa shape index (κ3) is 7.06. The number of methoxy groups -OCH3 is 2. The van der Waals surface area contributed by atoms with E-state index in [0.29, 0.717) is 17.1 Å². The van der Waals surface area contributed by atoms with Gasteiger partial charge in [-0.1, -0.05) is 17.4 Å². The maximum absolute atomic E-state index is 13.0. The van der Waals surface area contributed by atoms with Crippen LogP contribution in [0.4, 0.5) is 10.3 Å². The van der Waals surface area contributed by atoms with Gasteiger partial charge < -0.3 is 39.9 Å². The van der Waals surface area contributed by atoms with Crippen molar-refractivity contribution >= 4 is 33.3 Å². The van der Waals surface area contributed by atoms with Crippen LogP contribution in [0, 0.1) is 0 Å². The topological polar surface area (TPSA) is 207 Å². The molecule has 0 spiro atoms. The summed E-state index contributed by atoms with van der Waals surface area (Å²) in [6.45, 7) is 0.0188. The van der Waals surface area contributed by atoms with Crippen molar-refractivity contribution < 1.29 is 33.3 Å². The summed E-state index contributed by atoms with van der Waals surface area (Å²) in [5.74, 6) is -0.491. The average molecular weight is 547 g/mol. The average Bonchev–Trinajstić information content (AvgIpc) is 3.34. The van der Waals surface area contributed by atoms with E-state index in [4.69, 9.17) is 39.9 Å². The lowest BCUT2D eigenvalue weighted by Crippen LogP contribution is -2.18. The molecule has 0 aliphatic heterocycles. The Morgan fingerprint density at radius 2 is 1.95 bits per heavy atom. The van der Waals surface area contributed by atoms with Crippen LogP contribution in [0.5, 0.6) is 17.2 Å². The summed E-state index contributed by atoms with van der Waals surface area (Å²) >= 11 is 0.935. The van der Waals surface area contributed by atoms with Crippen LogP contribution in [-0.4, -0.2) is 67.7 Å². The van der Waals surface area contributed by atoms with Gasteiger partial charge in [0.25, 0.3) is 5.91 Å². The Balaban J connectivity index is 1.99. The number of anilines is 1. The number of amides is 1. The quantitative estimate of drug-likeness (QED) is 0.136. The van der Waals surface area contributed by atoms with Crippen LogP contribution in [0.2, 0.25) is 0 Å². The Morgan fingerprint density at radius 3 is 2.61 bits per heavy atom. The van der Waals surface area contributed by atoms with Crippen LogP contribution in [0.1, 0.15) is 10.6 Å². The molecule has 15 heteroatoms. The minimum absolute atomic E-state index is 0.0304. The van der Waals surface area contributed by atoms with E-state index in [-0.39, 0.29) is 59.6 Å². The summed E-state index contributed by atoms with van der Waals surface area (Å²) in [4.78, 5) is 30.0. The number of rotatable bonds is 13. The van der Waals surface area contributed by atoms with Gasteiger partial charge in [-0.15, -0.1) is 10.2 Å². The Kier molecular flexibility index (Phi) is 10.2. The van der Waals surface area contributed by atoms with Crippen molar-refractivity contribution in [3.63, 3.8) is 0 Å². The minimum Gasteiger partial charge on any atom is -0.496 e. The van der Waals surface area contributed by atoms with Gasteiger partial charge >= 0.3 is 5.63 Å². The molecule has 0 radical (unpaired) electrons. The standard InChI is InChI=1S/C23H26N6O8S/c1-33-14-4-3-5-15(34-2)18(14)13-12-16(37-21(32)19(13)36-11-10-35-9-8-30)20(31)27-23-29-28-22(38-23)26-17(25)6-7-24/h3-7,12,30H,8-11,24H2,1-2H3,(H2,25,26,28)(H,27,29,31)/b7-6-. The highest BCUT2D eigenvalue weighted by Crippen LogP contribution is 2.42. The van der Waals surface area contributed by atoms with E-state index in [1.165, 1.54) is 32.6 Å². The van der Waals surface area contributed by atoms with Gasteiger partial charge in [-0.05, 0) is 30.5 Å². The summed E-state index contributed by atoms with van der Waals surface area (Å²) in [6.07, 6.45) is 2.58. The van der Waals surface area contributed by atoms with Gasteiger partial charge in [0.1, 0.15) is 23.9 Å². The van der Waals surface area contributed by atoms with E-state index in [2.05, 4.69) is 20.5 Å². The molecule has 0 aliphatic carbocycles. The molecule has 6 N–H and O–H groups in total. The van der Waals surface area contributed by atoms with Crippen molar-refractivity contribution in [2.75, 3.05) is 46.0 Å². The number of amidine groups is 1. The number of hydrogen-bond donors (Lipinski definition) is 4. The fourth-order valence-corrected chi connectivity index (χ4v) is 3.75. The van der Waals surface area contributed by atoms with Gasteiger partial charge in [0.05, 0.1) is 39.6 Å². The van der Waals surface area contributed by atoms with Crippen molar-refractivity contribution in [2.24, 2.45) is 16.5 Å². The van der Waals surface area contributed by atoms with E-state index in [1.807, 2.05) is 0 Å². The van der Waals surface area contributed by atoms with Crippen LogP contribution < -0.4 is 36.6 Å². The van der Waals surface area contributed by atoms with Crippen molar-refractivity contribution in [1.82, 2.24) is 10.2 Å². The van der Waals surface area contributed by atoms with E-state index in [1.54, 1.807) is 18.2 Å². The van der Waals surface area contributed by atoms with Gasteiger partial charge in [0.15, 0.2) is 5.76 Å². The van der Waals surface area contributed by atoms with Gasteiger partial charge in [-0.25, -0.2) is 9.79 Å². The molecule has 0 aliphatic rings. The predicted octanol–water partition coefficient (Wildman–Crippen LogP) is 1.28. The summed E-state index contributed by atoms with van der Waals surface area (Å²) in [5, 5.41) is 19.3. The smallest absolute Gasteiger partial charge is 0.379 e. The maximum atomic E-state index is 13.0. The van der Waals surface area contributed by atoms with Gasteiger partial charge in [-0.2, -0.15) is 0 Å². The van der Waals surface area contributed by atoms with Crippen LogP contribution in [0.25, 0.3) is 11.1 Å². The van der Waals surface area contributed by atoms with Crippen LogP contribution in [0.15, 0.2) is 50.7 Å². The molecule has 2 aromatic heterocycles. The van der Waals surface area contributed by atoms with Gasteiger partial charge in [0.2, 0.25) is 16.0 Å². The van der Waals surface area contributed by atoms with Crippen LogP contribution in [0.3, 0.4) is 0 Å². The van der Waals surface area contributed by atoms with E-state index >= 15 is 0 Å². The number of nitrogens with zero attached hydrogens (tertiary/aromatic N) is 3. The van der Waals surface area contributed by atoms with Gasteiger partial charge in [-0.3, -0.25) is 10.1 Å². The largest absolute Gasteiger partial charge is 0.496 e. The fraction of sp³-hybridized carbons (Fsp3) is 0.261. The Bertz CT molecular complexity index is 1350. The lowest BCUT2D eigenvalue weighted by atomic mass is 10.0. The Labute approximate surface area is 220 Å². The number of benzene rings is 1. The molecule has 3 aromatic rings. The Morgan fingerprint density at radius 1 is 1.21 bits per heavy atom. The second-order valence-electron chi connectivity index (χ2n) is 7.10. The number of aliphatic hydroxyl groups excluding tert-OH is 1. The molecule has 0 saturated heterocycles. The number of ether oxygens (including phenoxy) is 4. The number of carbonyl (C=O) groups is 1. The number of hydrogen-bond acceptors (Lipinski definition) is 13. The number of aromatic nitrogens is 2. The zero-order valence-electron chi connectivity index (χ0n) is 20.5. The zero-order chi connectivity index (χ0) is 27.5. The molecule has 14 nitrogen and oxygen atoms in total. The number of carbonyl (C=O) groups excluding carboxylic acids is 1. The molecule has 38 heavy (non-hydrogen) atoms. The molecular weight excluding hydrogens is 520 g/mol. The van der Waals surface area contributed by atoms with Crippen molar-refractivity contribution in [1.29, 1.82) is 0 Å². The molecule has 202 valence electrons. The third-order valence-electron chi connectivity index (χ3n) is 4.67. The minimum atomic E-state index is -0.924. The number of aliphatic imine (C=N–C) groups is 1. The summed E-state index contributed by atoms with van der Waals surface area (Å²) in [6, 6.07) is 6.35. The first-order valence-electron chi connectivity index (χ1n) is 11.0. The molecule has 0 unspecified atom stereocenters. The van der Waals surface area contributed by atoms with E-state index < -0.39 is 11.5 Å². The maximum Gasteiger partial charge on any atom is 0.379 e. The molecule has 2 heterocycles. The highest BCUT2D eigenvalue weighted by Gasteiger charge is 2.24. The van der Waals surface area contributed by atoms with E-state index in [9.17, 15) is 9.59 Å². The van der Waals surface area contributed by atoms with Crippen molar-refractivity contribution in [2.45, 2.75) is 0 Å². The summed E-state index contributed by atoms with van der Waals surface area (Å²) in [5.41, 5.74) is 10.6. The number of nitrogens with one attached hydrogen (secondary N) is 1. The molecule has 0 bridgehead atoms. The number of aliphatic hydroxyl groups is 1. The normalized spacial score (nSPS) is 11.5. The van der Waals surface area contributed by atoms with Crippen molar-refractivity contribution in [3.8, 4) is 28.4 Å². The first-order valence-corrected chi connectivity index (χ1v) is 11.8.